The Morgan fingerprint density at radius 3 is 2.48 bits per heavy atom. The van der Waals surface area contributed by atoms with Gasteiger partial charge in [-0.15, -0.1) is 0 Å². The monoisotopic (exact) mass is 294 g/mol. The minimum Gasteiger partial charge on any atom is -0.494 e. The fourth-order valence-corrected chi connectivity index (χ4v) is 3.14. The molecule has 21 heavy (non-hydrogen) atoms. The van der Waals surface area contributed by atoms with Crippen LogP contribution in [0.25, 0.3) is 0 Å². The number of Topliss-reactive ketones (excluding diaryl/α,β-unsaturated/α-hetero) is 1. The Kier molecular flexibility index (Phi) is 4.60. The van der Waals surface area contributed by atoms with Gasteiger partial charge in [0, 0.05) is 12.0 Å². The van der Waals surface area contributed by atoms with Crippen LogP contribution in [0.1, 0.15) is 48.9 Å². The minimum atomic E-state index is -0.884. The van der Waals surface area contributed by atoms with Crippen molar-refractivity contribution in [2.24, 2.45) is 5.41 Å². The van der Waals surface area contributed by atoms with Crippen molar-refractivity contribution in [1.29, 1.82) is 0 Å². The molecule has 114 valence electrons. The number of ether oxygens (including phenoxy) is 1. The first-order valence-corrected chi connectivity index (χ1v) is 7.04. The largest absolute Gasteiger partial charge is 0.494 e. The lowest BCUT2D eigenvalue weighted by molar-refractivity contribution is -0.139. The van der Waals surface area contributed by atoms with E-state index in [2.05, 4.69) is 0 Å². The molecule has 5 heteroatoms. The van der Waals surface area contributed by atoms with Gasteiger partial charge in [-0.2, -0.15) is 0 Å². The molecule has 0 amide bonds. The molecule has 1 aliphatic carbocycles. The summed E-state index contributed by atoms with van der Waals surface area (Å²) in [5.41, 5.74) is -0.204. The van der Waals surface area contributed by atoms with Crippen molar-refractivity contribution in [1.82, 2.24) is 0 Å². The second kappa shape index (κ2) is 6.24. The summed E-state index contributed by atoms with van der Waals surface area (Å²) in [6.45, 7) is 0. The summed E-state index contributed by atoms with van der Waals surface area (Å²) in [6, 6.07) is 4.10. The van der Waals surface area contributed by atoms with Gasteiger partial charge >= 0.3 is 5.97 Å². The molecule has 2 rings (SSSR count). The molecule has 1 aromatic carbocycles. The third kappa shape index (κ3) is 3.60. The van der Waals surface area contributed by atoms with Gasteiger partial charge in [-0.1, -0.05) is 12.8 Å². The van der Waals surface area contributed by atoms with E-state index >= 15 is 0 Å². The summed E-state index contributed by atoms with van der Waals surface area (Å²) in [5, 5.41) is 9.05. The van der Waals surface area contributed by atoms with Crippen molar-refractivity contribution in [3.05, 3.63) is 29.6 Å². The Bertz CT molecular complexity index is 547. The van der Waals surface area contributed by atoms with Crippen LogP contribution in [0, 0.1) is 11.2 Å². The van der Waals surface area contributed by atoms with Crippen molar-refractivity contribution in [3.63, 3.8) is 0 Å². The third-order valence-corrected chi connectivity index (χ3v) is 4.20. The SMILES string of the molecule is COc1ccc(C(=O)CC2(CC(=O)O)CCCC2)cc1F. The maximum atomic E-state index is 13.7. The van der Waals surface area contributed by atoms with Crippen LogP contribution in [-0.4, -0.2) is 24.0 Å². The quantitative estimate of drug-likeness (QED) is 0.816. The van der Waals surface area contributed by atoms with Crippen LogP contribution < -0.4 is 4.74 Å². The zero-order chi connectivity index (χ0) is 15.5. The average Bonchev–Trinajstić information content (AvgIpc) is 2.85. The van der Waals surface area contributed by atoms with E-state index in [-0.39, 0.29) is 29.9 Å². The van der Waals surface area contributed by atoms with Gasteiger partial charge < -0.3 is 9.84 Å². The molecule has 0 bridgehead atoms. The first kappa shape index (κ1) is 15.5. The molecule has 4 nitrogen and oxygen atoms in total. The van der Waals surface area contributed by atoms with Crippen molar-refractivity contribution < 1.29 is 23.8 Å². The van der Waals surface area contributed by atoms with Gasteiger partial charge in [-0.25, -0.2) is 4.39 Å². The highest BCUT2D eigenvalue weighted by molar-refractivity contribution is 5.96. The number of carbonyl (C=O) groups is 2. The van der Waals surface area contributed by atoms with Crippen molar-refractivity contribution >= 4 is 11.8 Å². The predicted octanol–water partition coefficient (Wildman–Crippen LogP) is 3.44. The second-order valence-corrected chi connectivity index (χ2v) is 5.73. The van der Waals surface area contributed by atoms with Crippen LogP contribution in [0.5, 0.6) is 5.75 Å². The smallest absolute Gasteiger partial charge is 0.303 e. The number of hydrogen-bond acceptors (Lipinski definition) is 3. The van der Waals surface area contributed by atoms with E-state index in [1.54, 1.807) is 0 Å². The van der Waals surface area contributed by atoms with Crippen LogP contribution in [0.2, 0.25) is 0 Å². The summed E-state index contributed by atoms with van der Waals surface area (Å²) in [7, 11) is 1.36. The summed E-state index contributed by atoms with van der Waals surface area (Å²) in [6.07, 6.45) is 3.52. The van der Waals surface area contributed by atoms with Gasteiger partial charge in [0.2, 0.25) is 0 Å². The maximum absolute atomic E-state index is 13.7. The second-order valence-electron chi connectivity index (χ2n) is 5.73. The van der Waals surface area contributed by atoms with Crippen molar-refractivity contribution in [2.45, 2.75) is 38.5 Å². The summed E-state index contributed by atoms with van der Waals surface area (Å²) >= 11 is 0. The van der Waals surface area contributed by atoms with Crippen LogP contribution in [0.15, 0.2) is 18.2 Å². The fourth-order valence-electron chi connectivity index (χ4n) is 3.14. The molecule has 1 aromatic rings. The number of methoxy groups -OCH3 is 1. The number of halogens is 1. The number of hydrogen-bond donors (Lipinski definition) is 1. The molecule has 0 aromatic heterocycles. The first-order valence-electron chi connectivity index (χ1n) is 7.04. The Morgan fingerprint density at radius 1 is 1.29 bits per heavy atom. The molecule has 1 N–H and O–H groups in total. The highest BCUT2D eigenvalue weighted by Gasteiger charge is 2.38. The van der Waals surface area contributed by atoms with Gasteiger partial charge in [0.05, 0.1) is 13.5 Å². The van der Waals surface area contributed by atoms with E-state index in [1.807, 2.05) is 0 Å². The number of benzene rings is 1. The van der Waals surface area contributed by atoms with Crippen molar-refractivity contribution in [3.8, 4) is 5.75 Å². The molecule has 0 atom stereocenters. The van der Waals surface area contributed by atoms with Gasteiger partial charge in [-0.05, 0) is 36.5 Å². The molecule has 1 aliphatic rings. The third-order valence-electron chi connectivity index (χ3n) is 4.20. The van der Waals surface area contributed by atoms with Gasteiger partial charge in [0.25, 0.3) is 0 Å². The zero-order valence-corrected chi connectivity index (χ0v) is 12.0. The highest BCUT2D eigenvalue weighted by Crippen LogP contribution is 2.44. The molecule has 0 heterocycles. The van der Waals surface area contributed by atoms with E-state index in [0.29, 0.717) is 0 Å². The summed E-state index contributed by atoms with van der Waals surface area (Å²) in [4.78, 5) is 23.4. The lowest BCUT2D eigenvalue weighted by Gasteiger charge is -2.26. The first-order chi connectivity index (χ1) is 9.96. The Hall–Kier alpha value is -1.91. The van der Waals surface area contributed by atoms with Crippen LogP contribution in [-0.2, 0) is 4.79 Å². The Morgan fingerprint density at radius 2 is 1.95 bits per heavy atom. The molecule has 0 spiro atoms. The van der Waals surface area contributed by atoms with Crippen LogP contribution >= 0.6 is 0 Å². The van der Waals surface area contributed by atoms with E-state index in [4.69, 9.17) is 9.84 Å². The van der Waals surface area contributed by atoms with E-state index in [9.17, 15) is 14.0 Å². The lowest BCUT2D eigenvalue weighted by atomic mass is 9.77. The number of ketones is 1. The molecule has 0 radical (unpaired) electrons. The highest BCUT2D eigenvalue weighted by atomic mass is 19.1. The molecular formula is C16H19FO4. The summed E-state index contributed by atoms with van der Waals surface area (Å²) < 4.78 is 18.5. The molecule has 0 saturated heterocycles. The lowest BCUT2D eigenvalue weighted by Crippen LogP contribution is -2.24. The Labute approximate surface area is 122 Å². The minimum absolute atomic E-state index is 0.00260. The summed E-state index contributed by atoms with van der Waals surface area (Å²) in [5.74, 6) is -1.58. The van der Waals surface area contributed by atoms with E-state index in [1.165, 1.54) is 19.2 Å². The molecule has 0 unspecified atom stereocenters. The van der Waals surface area contributed by atoms with Gasteiger partial charge in [0.1, 0.15) is 0 Å². The number of carboxylic acids is 1. The fraction of sp³-hybridized carbons (Fsp3) is 0.500. The molecular weight excluding hydrogens is 275 g/mol. The number of carboxylic acid groups (broad SMARTS) is 1. The van der Waals surface area contributed by atoms with Crippen molar-refractivity contribution in [2.75, 3.05) is 7.11 Å². The molecule has 1 fully saturated rings. The topological polar surface area (TPSA) is 63.6 Å². The average molecular weight is 294 g/mol. The standard InChI is InChI=1S/C16H19FO4/c1-21-14-5-4-11(8-12(14)17)13(18)9-16(10-15(19)20)6-2-3-7-16/h4-5,8H,2-3,6-7,9-10H2,1H3,(H,19,20). The Balaban J connectivity index is 2.15. The number of aliphatic carboxylic acids is 1. The van der Waals surface area contributed by atoms with E-state index in [0.717, 1.165) is 31.7 Å². The number of carbonyl (C=O) groups excluding carboxylic acids is 1. The van der Waals surface area contributed by atoms with Crippen LogP contribution in [0.3, 0.4) is 0 Å². The predicted molar refractivity (Wildman–Crippen MR) is 75.1 cm³/mol. The molecule has 1 saturated carbocycles. The van der Waals surface area contributed by atoms with Crippen LogP contribution in [0.4, 0.5) is 4.39 Å². The maximum Gasteiger partial charge on any atom is 0.303 e. The normalized spacial score (nSPS) is 16.7. The van der Waals surface area contributed by atoms with E-state index < -0.39 is 17.2 Å². The number of rotatable bonds is 6. The molecule has 0 aliphatic heterocycles. The van der Waals surface area contributed by atoms with Gasteiger partial charge in [0.15, 0.2) is 17.3 Å². The van der Waals surface area contributed by atoms with Gasteiger partial charge in [-0.3, -0.25) is 9.59 Å². The zero-order valence-electron chi connectivity index (χ0n) is 12.0.